The number of benzene rings is 1. The quantitative estimate of drug-likeness (QED) is 0.430. The smallest absolute Gasteiger partial charge is 0.272 e. The van der Waals surface area contributed by atoms with Crippen molar-refractivity contribution < 1.29 is 17.9 Å². The van der Waals surface area contributed by atoms with Crippen LogP contribution in [-0.2, 0) is 21.2 Å². The highest BCUT2D eigenvalue weighted by Gasteiger charge is 2.33. The van der Waals surface area contributed by atoms with Gasteiger partial charge < -0.3 is 14.5 Å². The van der Waals surface area contributed by atoms with Crippen LogP contribution in [-0.4, -0.2) is 96.1 Å². The van der Waals surface area contributed by atoms with Gasteiger partial charge in [0.25, 0.3) is 5.91 Å². The third kappa shape index (κ3) is 7.82. The fourth-order valence-electron chi connectivity index (χ4n) is 7.13. The van der Waals surface area contributed by atoms with Gasteiger partial charge >= 0.3 is 0 Å². The lowest BCUT2D eigenvalue weighted by molar-refractivity contribution is -0.0547. The number of nitrogens with zero attached hydrogens (tertiary/aromatic N) is 5. The number of hydrogen-bond acceptors (Lipinski definition) is 7. The molecule has 43 heavy (non-hydrogen) atoms. The zero-order chi connectivity index (χ0) is 30.7. The number of ether oxygens (including phenoxy) is 1. The molecule has 1 amide bonds. The van der Waals surface area contributed by atoms with Crippen LogP contribution in [0.5, 0.6) is 0 Å². The SMILES string of the molecule is Cc1cccc([C@H]2CCC[C@@H](CCc3nc(C)nc(C(=O)N4CCC(N5CCC(N(C)S(C)(=O)=O)CC5)CC4)c3C)O2)c1. The Morgan fingerprint density at radius 1 is 1.00 bits per heavy atom. The summed E-state index contributed by atoms with van der Waals surface area (Å²) >= 11 is 0. The highest BCUT2D eigenvalue weighted by atomic mass is 32.2. The van der Waals surface area contributed by atoms with Crippen LogP contribution in [0.25, 0.3) is 0 Å². The van der Waals surface area contributed by atoms with Crippen LogP contribution in [0.15, 0.2) is 24.3 Å². The second-order valence-electron chi connectivity index (χ2n) is 12.9. The molecule has 1 aromatic carbocycles. The number of carbonyl (C=O) groups excluding carboxylic acids is 1. The van der Waals surface area contributed by atoms with Crippen molar-refractivity contribution in [2.75, 3.05) is 39.5 Å². The molecule has 236 valence electrons. The molecule has 3 aliphatic heterocycles. The molecule has 0 spiro atoms. The van der Waals surface area contributed by atoms with Crippen molar-refractivity contribution in [2.45, 2.75) is 103 Å². The van der Waals surface area contributed by atoms with E-state index in [-0.39, 0.29) is 24.2 Å². The summed E-state index contributed by atoms with van der Waals surface area (Å²) in [6.07, 6.45) is 10.1. The standard InChI is InChI=1S/C33H49N5O4S/c1-23-8-6-9-26(22-23)31-11-7-10-29(42-31)12-13-30-24(2)32(35-25(3)34-30)33(39)38-20-16-28(17-21-38)37-18-14-27(15-19-37)36(4)43(5,40)41/h6,8-9,22,27-29,31H,7,10-21H2,1-5H3/t29-,31+/m0/s1. The van der Waals surface area contributed by atoms with Crippen molar-refractivity contribution in [1.29, 1.82) is 0 Å². The monoisotopic (exact) mass is 611 g/mol. The molecule has 9 nitrogen and oxygen atoms in total. The molecule has 2 atom stereocenters. The highest BCUT2D eigenvalue weighted by molar-refractivity contribution is 7.88. The zero-order valence-corrected chi connectivity index (χ0v) is 27.4. The zero-order valence-electron chi connectivity index (χ0n) is 26.6. The number of aromatic nitrogens is 2. The van der Waals surface area contributed by atoms with Crippen LogP contribution in [0.2, 0.25) is 0 Å². The van der Waals surface area contributed by atoms with Gasteiger partial charge in [-0.3, -0.25) is 4.79 Å². The second-order valence-corrected chi connectivity index (χ2v) is 14.9. The molecule has 1 aromatic heterocycles. The molecule has 10 heteroatoms. The summed E-state index contributed by atoms with van der Waals surface area (Å²) in [5, 5.41) is 0. The third-order valence-corrected chi connectivity index (χ3v) is 11.2. The maximum absolute atomic E-state index is 13.7. The first-order chi connectivity index (χ1) is 20.5. The Balaban J connectivity index is 1.15. The molecule has 0 radical (unpaired) electrons. The summed E-state index contributed by atoms with van der Waals surface area (Å²) in [5.41, 5.74) is 4.90. The number of likely N-dealkylation sites (tertiary alicyclic amines) is 2. The van der Waals surface area contributed by atoms with Gasteiger partial charge in [0, 0.05) is 43.5 Å². The Bertz CT molecular complexity index is 1380. The first-order valence-electron chi connectivity index (χ1n) is 16.0. The summed E-state index contributed by atoms with van der Waals surface area (Å²) in [6, 6.07) is 9.13. The highest BCUT2D eigenvalue weighted by Crippen LogP contribution is 2.33. The summed E-state index contributed by atoms with van der Waals surface area (Å²) in [5.74, 6) is 0.646. The average Bonchev–Trinajstić information content (AvgIpc) is 3.00. The summed E-state index contributed by atoms with van der Waals surface area (Å²) in [6.45, 7) is 9.20. The number of hydrogen-bond donors (Lipinski definition) is 0. The van der Waals surface area contributed by atoms with E-state index in [9.17, 15) is 13.2 Å². The lowest BCUT2D eigenvalue weighted by Crippen LogP contribution is -2.52. The van der Waals surface area contributed by atoms with E-state index in [0.29, 0.717) is 30.6 Å². The molecular weight excluding hydrogens is 562 g/mol. The van der Waals surface area contributed by atoms with E-state index in [2.05, 4.69) is 41.1 Å². The van der Waals surface area contributed by atoms with Crippen molar-refractivity contribution in [3.8, 4) is 0 Å². The maximum Gasteiger partial charge on any atom is 0.272 e. The first-order valence-corrected chi connectivity index (χ1v) is 17.9. The molecule has 3 fully saturated rings. The Labute approximate surface area is 258 Å². The molecule has 0 bridgehead atoms. The van der Waals surface area contributed by atoms with Crippen LogP contribution in [0, 0.1) is 20.8 Å². The maximum atomic E-state index is 13.7. The minimum atomic E-state index is -3.17. The van der Waals surface area contributed by atoms with E-state index in [4.69, 9.17) is 9.72 Å². The number of aryl methyl sites for hydroxylation is 3. The molecular formula is C33H49N5O4S. The predicted octanol–water partition coefficient (Wildman–Crippen LogP) is 4.61. The van der Waals surface area contributed by atoms with Gasteiger partial charge in [-0.2, -0.15) is 0 Å². The molecule has 0 unspecified atom stereocenters. The summed E-state index contributed by atoms with van der Waals surface area (Å²) in [4.78, 5) is 27.5. The van der Waals surface area contributed by atoms with E-state index in [1.54, 1.807) is 7.05 Å². The molecule has 0 saturated carbocycles. The molecule has 3 saturated heterocycles. The molecule has 2 aromatic rings. The molecule has 3 aliphatic rings. The first kappa shape index (κ1) is 32.0. The fourth-order valence-corrected chi connectivity index (χ4v) is 7.88. The van der Waals surface area contributed by atoms with Gasteiger partial charge in [-0.05, 0) is 97.2 Å². The fraction of sp³-hybridized carbons (Fsp3) is 0.667. The van der Waals surface area contributed by atoms with Gasteiger partial charge in [-0.25, -0.2) is 22.7 Å². The van der Waals surface area contributed by atoms with E-state index >= 15 is 0 Å². The van der Waals surface area contributed by atoms with Gasteiger partial charge in [-0.15, -0.1) is 0 Å². The lowest BCUT2D eigenvalue weighted by Gasteiger charge is -2.43. The number of rotatable bonds is 8. The Morgan fingerprint density at radius 2 is 1.72 bits per heavy atom. The molecule has 0 N–H and O–H groups in total. The van der Waals surface area contributed by atoms with Crippen molar-refractivity contribution in [1.82, 2.24) is 24.1 Å². The average molecular weight is 612 g/mol. The predicted molar refractivity (Wildman–Crippen MR) is 169 cm³/mol. The number of sulfonamides is 1. The number of carbonyl (C=O) groups is 1. The van der Waals surface area contributed by atoms with Gasteiger partial charge in [0.2, 0.25) is 10.0 Å². The largest absolute Gasteiger partial charge is 0.370 e. The number of piperidine rings is 2. The third-order valence-electron chi connectivity index (χ3n) is 9.83. The second kappa shape index (κ2) is 13.7. The topological polar surface area (TPSA) is 95.9 Å². The van der Waals surface area contributed by atoms with E-state index in [1.807, 2.05) is 18.7 Å². The minimum Gasteiger partial charge on any atom is -0.370 e. The normalized spacial score (nSPS) is 23.2. The van der Waals surface area contributed by atoms with Gasteiger partial charge in [0.15, 0.2) is 0 Å². The van der Waals surface area contributed by atoms with Crippen molar-refractivity contribution in [2.24, 2.45) is 0 Å². The molecule has 0 aliphatic carbocycles. The van der Waals surface area contributed by atoms with Crippen molar-refractivity contribution in [3.05, 3.63) is 58.2 Å². The van der Waals surface area contributed by atoms with Crippen molar-refractivity contribution in [3.63, 3.8) is 0 Å². The van der Waals surface area contributed by atoms with Crippen LogP contribution >= 0.6 is 0 Å². The Morgan fingerprint density at radius 3 is 2.40 bits per heavy atom. The van der Waals surface area contributed by atoms with Crippen LogP contribution < -0.4 is 0 Å². The van der Waals surface area contributed by atoms with Crippen LogP contribution in [0.4, 0.5) is 0 Å². The number of amides is 1. The van der Waals surface area contributed by atoms with Gasteiger partial charge in [0.1, 0.15) is 11.5 Å². The van der Waals surface area contributed by atoms with E-state index < -0.39 is 10.0 Å². The van der Waals surface area contributed by atoms with Gasteiger partial charge in [-0.1, -0.05) is 29.8 Å². The van der Waals surface area contributed by atoms with Gasteiger partial charge in [0.05, 0.1) is 18.5 Å². The molecule has 5 rings (SSSR count). The summed E-state index contributed by atoms with van der Waals surface area (Å²) in [7, 11) is -1.48. The minimum absolute atomic E-state index is 0.00427. The lowest BCUT2D eigenvalue weighted by atomic mass is 9.94. The van der Waals surface area contributed by atoms with Crippen LogP contribution in [0.1, 0.15) is 96.2 Å². The Kier molecular flexibility index (Phi) is 10.2. The summed E-state index contributed by atoms with van der Waals surface area (Å²) < 4.78 is 31.9. The molecule has 4 heterocycles. The van der Waals surface area contributed by atoms with E-state index in [1.165, 1.54) is 21.7 Å². The Hall–Kier alpha value is -2.40. The van der Waals surface area contributed by atoms with Crippen molar-refractivity contribution >= 4 is 15.9 Å². The van der Waals surface area contributed by atoms with E-state index in [0.717, 1.165) is 82.1 Å². The van der Waals surface area contributed by atoms with Crippen LogP contribution in [0.3, 0.4) is 0 Å².